The van der Waals surface area contributed by atoms with Gasteiger partial charge in [0.25, 0.3) is 0 Å². The number of aliphatic carboxylic acids is 1. The fraction of sp³-hybridized carbons (Fsp3) is 0.472. The molecule has 2 aromatic heterocycles. The zero-order chi connectivity index (χ0) is 38.7. The number of aryl methyl sites for hydroxylation is 4. The summed E-state index contributed by atoms with van der Waals surface area (Å²) < 4.78 is 31.7. The van der Waals surface area contributed by atoms with Crippen molar-refractivity contribution in [3.8, 4) is 0 Å². The second-order valence-corrected chi connectivity index (χ2v) is 13.5. The molecule has 0 bridgehead atoms. The number of rotatable bonds is 7. The minimum Gasteiger partial charge on any atom is -0.475 e. The van der Waals surface area contributed by atoms with Gasteiger partial charge in [-0.05, 0) is 117 Å². The maximum atomic E-state index is 10.9. The lowest BCUT2D eigenvalue weighted by Gasteiger charge is -2.40. The van der Waals surface area contributed by atoms with E-state index < -0.39 is 12.1 Å². The molecule has 1 amide bonds. The minimum absolute atomic E-state index is 0.0452. The third-order valence-electron chi connectivity index (χ3n) is 8.72. The average molecular weight is 747 g/mol. The Morgan fingerprint density at radius 3 is 1.50 bits per heavy atom. The van der Waals surface area contributed by atoms with Crippen LogP contribution in [0.25, 0.3) is 21.8 Å². The van der Waals surface area contributed by atoms with Crippen LogP contribution in [-0.4, -0.2) is 87.6 Å². The van der Waals surface area contributed by atoms with Crippen LogP contribution in [0.3, 0.4) is 0 Å². The number of fused-ring (bicyclic) bond motifs is 2. The van der Waals surface area contributed by atoms with E-state index in [-0.39, 0.29) is 11.1 Å². The zero-order valence-electron chi connectivity index (χ0n) is 30.2. The van der Waals surface area contributed by atoms with Gasteiger partial charge in [0.15, 0.2) is 0 Å². The lowest BCUT2D eigenvalue weighted by Crippen LogP contribution is -2.48. The van der Waals surface area contributed by atoms with E-state index in [9.17, 15) is 22.8 Å². The first-order valence-electron chi connectivity index (χ1n) is 16.8. The highest BCUT2D eigenvalue weighted by molar-refractivity contribution is 6.62. The molecule has 16 heteroatoms. The molecule has 0 saturated carbocycles. The summed E-state index contributed by atoms with van der Waals surface area (Å²) in [6, 6.07) is 8.66. The molecule has 0 radical (unpaired) electrons. The van der Waals surface area contributed by atoms with Crippen molar-refractivity contribution in [3.63, 3.8) is 0 Å². The molecule has 2 aliphatic rings. The van der Waals surface area contributed by atoms with Crippen LogP contribution in [0.2, 0.25) is 0 Å². The maximum absolute atomic E-state index is 10.9. The Labute approximate surface area is 306 Å². The van der Waals surface area contributed by atoms with Gasteiger partial charge in [-0.3, -0.25) is 9.59 Å². The monoisotopic (exact) mass is 746 g/mol. The highest BCUT2D eigenvalue weighted by Gasteiger charge is 2.38. The highest BCUT2D eigenvalue weighted by Crippen LogP contribution is 2.32. The van der Waals surface area contributed by atoms with Gasteiger partial charge in [-0.15, -0.1) is 0 Å². The number of alkyl halides is 3. The van der Waals surface area contributed by atoms with E-state index in [0.717, 1.165) is 91.5 Å². The normalized spacial score (nSPS) is 14.1. The number of nitrogens with zero attached hydrogens (tertiary/aromatic N) is 6. The number of amides is 1. The molecule has 2 aliphatic heterocycles. The van der Waals surface area contributed by atoms with Crippen LogP contribution in [0.15, 0.2) is 36.9 Å². The van der Waals surface area contributed by atoms with Crippen LogP contribution < -0.4 is 20.9 Å². The molecule has 4 N–H and O–H groups in total. The predicted octanol–water partition coefficient (Wildman–Crippen LogP) is 5.65. The minimum atomic E-state index is -5.08. The van der Waals surface area contributed by atoms with Crippen LogP contribution in [0, 0.1) is 39.5 Å². The summed E-state index contributed by atoms with van der Waals surface area (Å²) >= 11 is 4.64. The van der Waals surface area contributed by atoms with Gasteiger partial charge in [0.05, 0.1) is 11.0 Å². The first-order valence-corrected chi connectivity index (χ1v) is 17.1. The first-order chi connectivity index (χ1) is 24.4. The van der Waals surface area contributed by atoms with Gasteiger partial charge < -0.3 is 26.0 Å². The Kier molecular flexibility index (Phi) is 15.1. The number of benzene rings is 2. The van der Waals surface area contributed by atoms with Crippen molar-refractivity contribution in [1.82, 2.24) is 25.3 Å². The summed E-state index contributed by atoms with van der Waals surface area (Å²) in [6.45, 7) is 17.0. The van der Waals surface area contributed by atoms with Gasteiger partial charge >= 0.3 is 12.1 Å². The molecule has 2 saturated heterocycles. The number of carboxylic acids is 1. The van der Waals surface area contributed by atoms with Crippen LogP contribution in [0.1, 0.15) is 48.9 Å². The Bertz CT molecular complexity index is 1860. The quantitative estimate of drug-likeness (QED) is 0.200. The van der Waals surface area contributed by atoms with Crippen molar-refractivity contribution in [1.29, 1.82) is 0 Å². The third-order valence-corrected chi connectivity index (χ3v) is 8.72. The standard InChI is InChI=1S/C17H22N4O.C15H20N4.C2H3ClO.C2HF3O2/c1-11-6-15-16(7-12(11)2)19-10-20-17(15)21-8-14(9-21)4-5-18-13(3)22;1-10-5-13-14(6-11(10)2)17-9-18-15(13)19-7-12(8-19)3-4-16;1-2(3)4;3-2(4,5)1(6)7/h6-7,10,14H,4-5,8-9H2,1-3H3,(H,18,22);5-6,9,12H,3-4,7-8,16H2,1-2H3;1H3;(H,6,7). The number of nitrogens with two attached hydrogens (primary N) is 1. The number of aromatic nitrogens is 4. The second-order valence-electron chi connectivity index (χ2n) is 13.0. The SMILES string of the molecule is CC(=O)Cl.CC(=O)NCCC1CN(c2ncnc3cc(C)c(C)cc23)C1.Cc1cc2ncnc(N3CC(CCN)C3)c2cc1C.O=C(O)C(F)(F)F. The molecular weight excluding hydrogens is 701 g/mol. The molecule has 2 fully saturated rings. The van der Waals surface area contributed by atoms with Crippen LogP contribution in [0.5, 0.6) is 0 Å². The van der Waals surface area contributed by atoms with Gasteiger partial charge in [0, 0.05) is 57.3 Å². The number of hydrogen-bond acceptors (Lipinski definition) is 10. The van der Waals surface area contributed by atoms with E-state index >= 15 is 0 Å². The Morgan fingerprint density at radius 2 is 1.15 bits per heavy atom. The lowest BCUT2D eigenvalue weighted by atomic mass is 9.95. The fourth-order valence-corrected chi connectivity index (χ4v) is 5.65. The number of halogens is 4. The summed E-state index contributed by atoms with van der Waals surface area (Å²) in [7, 11) is 0. The first kappa shape index (κ1) is 41.8. The van der Waals surface area contributed by atoms with Crippen LogP contribution >= 0.6 is 11.6 Å². The third kappa shape index (κ3) is 12.0. The molecule has 0 aliphatic carbocycles. The maximum Gasteiger partial charge on any atom is 0.490 e. The van der Waals surface area contributed by atoms with E-state index in [4.69, 9.17) is 15.6 Å². The number of nitrogens with one attached hydrogen (secondary N) is 1. The number of anilines is 2. The van der Waals surface area contributed by atoms with Gasteiger partial charge in [-0.1, -0.05) is 0 Å². The van der Waals surface area contributed by atoms with Crippen LogP contribution in [0.4, 0.5) is 24.8 Å². The van der Waals surface area contributed by atoms with Gasteiger partial charge in [0.2, 0.25) is 11.1 Å². The Morgan fingerprint density at radius 1 is 0.788 bits per heavy atom. The molecule has 4 heterocycles. The number of hydrogen-bond donors (Lipinski definition) is 3. The molecule has 4 aromatic rings. The van der Waals surface area contributed by atoms with Crippen molar-refractivity contribution in [2.24, 2.45) is 17.6 Å². The van der Waals surface area contributed by atoms with Crippen LogP contribution in [-0.2, 0) is 14.4 Å². The number of carbonyl (C=O) groups excluding carboxylic acids is 2. The predicted molar refractivity (Wildman–Crippen MR) is 197 cm³/mol. The summed E-state index contributed by atoms with van der Waals surface area (Å²) in [5.41, 5.74) is 12.8. The smallest absolute Gasteiger partial charge is 0.475 e. The average Bonchev–Trinajstić information content (AvgIpc) is 3.01. The van der Waals surface area contributed by atoms with E-state index in [1.54, 1.807) is 19.6 Å². The van der Waals surface area contributed by atoms with Gasteiger partial charge in [-0.25, -0.2) is 24.7 Å². The van der Waals surface area contributed by atoms with E-state index in [2.05, 4.69) is 98.6 Å². The Hall–Kier alpha value is -4.63. The van der Waals surface area contributed by atoms with Crippen molar-refractivity contribution in [2.45, 2.75) is 60.6 Å². The number of carboxylic acid groups (broad SMARTS) is 1. The lowest BCUT2D eigenvalue weighted by molar-refractivity contribution is -0.192. The molecule has 282 valence electrons. The topological polar surface area (TPSA) is 168 Å². The molecule has 12 nitrogen and oxygen atoms in total. The van der Waals surface area contributed by atoms with E-state index in [0.29, 0.717) is 5.92 Å². The van der Waals surface area contributed by atoms with Crippen molar-refractivity contribution in [2.75, 3.05) is 49.1 Å². The summed E-state index contributed by atoms with van der Waals surface area (Å²) in [5, 5.41) is 11.9. The summed E-state index contributed by atoms with van der Waals surface area (Å²) in [5.74, 6) is 0.742. The molecule has 6 rings (SSSR count). The number of carbonyl (C=O) groups is 3. The van der Waals surface area contributed by atoms with E-state index in [1.807, 2.05) is 0 Å². The summed E-state index contributed by atoms with van der Waals surface area (Å²) in [6.07, 6.45) is 0.370. The summed E-state index contributed by atoms with van der Waals surface area (Å²) in [4.78, 5) is 51.4. The molecule has 0 unspecified atom stereocenters. The molecule has 52 heavy (non-hydrogen) atoms. The fourth-order valence-electron chi connectivity index (χ4n) is 5.65. The largest absolute Gasteiger partial charge is 0.490 e. The molecule has 2 aromatic carbocycles. The Balaban J connectivity index is 0.000000220. The molecular formula is C36H46ClF3N8O4. The van der Waals surface area contributed by atoms with Crippen molar-refractivity contribution in [3.05, 3.63) is 59.2 Å². The van der Waals surface area contributed by atoms with E-state index in [1.165, 1.54) is 29.2 Å². The molecule has 0 spiro atoms. The van der Waals surface area contributed by atoms with Gasteiger partial charge in [-0.2, -0.15) is 13.2 Å². The zero-order valence-corrected chi connectivity index (χ0v) is 31.0. The highest BCUT2D eigenvalue weighted by atomic mass is 35.5. The second kappa shape index (κ2) is 18.7. The molecule has 0 atom stereocenters. The van der Waals surface area contributed by atoms with Gasteiger partial charge in [0.1, 0.15) is 24.3 Å². The van der Waals surface area contributed by atoms with Crippen molar-refractivity contribution >= 4 is 62.2 Å². The van der Waals surface area contributed by atoms with Crippen molar-refractivity contribution < 1.29 is 32.7 Å².